The molecule has 1 aromatic carbocycles. The van der Waals surface area contributed by atoms with Crippen LogP contribution in [0.3, 0.4) is 0 Å². The molecule has 0 aromatic heterocycles. The second kappa shape index (κ2) is 15.7. The van der Waals surface area contributed by atoms with Gasteiger partial charge in [-0.2, -0.15) is 0 Å². The lowest BCUT2D eigenvalue weighted by molar-refractivity contribution is -0.346. The summed E-state index contributed by atoms with van der Waals surface area (Å²) in [6, 6.07) is 5.85. The maximum Gasteiger partial charge on any atom is 0.408 e. The number of ketones is 1. The van der Waals surface area contributed by atoms with Gasteiger partial charge in [0, 0.05) is 32.1 Å². The van der Waals surface area contributed by atoms with E-state index in [2.05, 4.69) is 5.32 Å². The minimum absolute atomic E-state index is 0.0220. The Hall–Kier alpha value is -4.95. The molecule has 2 aliphatic heterocycles. The highest BCUT2D eigenvalue weighted by atomic mass is 16.7. The van der Waals surface area contributed by atoms with Crippen molar-refractivity contribution >= 4 is 41.7 Å². The number of aliphatic hydroxyl groups excluding tert-OH is 2. The van der Waals surface area contributed by atoms with E-state index in [1.165, 1.54) is 39.8 Å². The molecular weight excluding hydrogens is 818 g/mol. The first-order chi connectivity index (χ1) is 28.6. The lowest BCUT2D eigenvalue weighted by Gasteiger charge is -2.67. The van der Waals surface area contributed by atoms with E-state index in [1.807, 2.05) is 0 Å². The van der Waals surface area contributed by atoms with Crippen LogP contribution in [0.1, 0.15) is 92.4 Å². The van der Waals surface area contributed by atoms with Gasteiger partial charge in [-0.1, -0.05) is 32.0 Å². The Morgan fingerprint density at radius 2 is 1.55 bits per heavy atom. The Labute approximate surface area is 357 Å². The number of amides is 1. The second-order valence-electron chi connectivity index (χ2n) is 18.8. The van der Waals surface area contributed by atoms with Crippen molar-refractivity contribution in [2.75, 3.05) is 6.61 Å². The predicted octanol–water partition coefficient (Wildman–Crippen LogP) is 1.90. The van der Waals surface area contributed by atoms with Crippen molar-refractivity contribution in [3.63, 3.8) is 0 Å². The molecule has 1 amide bonds. The van der Waals surface area contributed by atoms with Crippen molar-refractivity contribution in [1.82, 2.24) is 5.32 Å². The van der Waals surface area contributed by atoms with Crippen LogP contribution in [0.4, 0.5) is 4.79 Å². The molecule has 5 aliphatic rings. The van der Waals surface area contributed by atoms with Gasteiger partial charge in [0.05, 0.1) is 35.6 Å². The third-order valence-corrected chi connectivity index (χ3v) is 13.5. The quantitative estimate of drug-likeness (QED) is 0.142. The fourth-order valence-corrected chi connectivity index (χ4v) is 10.1. The summed E-state index contributed by atoms with van der Waals surface area (Å²) in [5.74, 6) is -8.28. The molecule has 3 unspecified atom stereocenters. The zero-order valence-corrected chi connectivity index (χ0v) is 36.2. The zero-order chi connectivity index (χ0) is 46.3. The fourth-order valence-electron chi connectivity index (χ4n) is 10.1. The van der Waals surface area contributed by atoms with Crippen molar-refractivity contribution in [3.8, 4) is 0 Å². The van der Waals surface area contributed by atoms with Gasteiger partial charge in [0.2, 0.25) is 0 Å². The summed E-state index contributed by atoms with van der Waals surface area (Å²) < 4.78 is 40.8. The van der Waals surface area contributed by atoms with E-state index in [1.54, 1.807) is 39.0 Å². The number of hydrogen-bond acceptors (Lipinski definition) is 17. The van der Waals surface area contributed by atoms with Crippen LogP contribution >= 0.6 is 0 Å². The molecule has 2 heterocycles. The average Bonchev–Trinajstić information content (AvgIpc) is 3.41. The smallest absolute Gasteiger partial charge is 0.408 e. The minimum Gasteiger partial charge on any atom is -0.481 e. The molecule has 340 valence electrons. The monoisotopic (exact) mass is 873 g/mol. The van der Waals surface area contributed by atoms with E-state index in [9.17, 15) is 49.2 Å². The first kappa shape index (κ1) is 46.6. The first-order valence-corrected chi connectivity index (χ1v) is 20.2. The molecular formula is C43H55NO18. The number of carboxylic acid groups (broad SMARTS) is 1. The summed E-state index contributed by atoms with van der Waals surface area (Å²) in [6.45, 7) is 13.3. The zero-order valence-electron chi connectivity index (χ0n) is 36.2. The van der Waals surface area contributed by atoms with E-state index < -0.39 is 136 Å². The number of ether oxygens (including phenoxy) is 7. The summed E-state index contributed by atoms with van der Waals surface area (Å²) in [5.41, 5.74) is -11.6. The molecule has 5 N–H and O–H groups in total. The van der Waals surface area contributed by atoms with E-state index in [-0.39, 0.29) is 29.7 Å². The second-order valence-corrected chi connectivity index (χ2v) is 18.8. The number of hydrogen-bond donors (Lipinski definition) is 5. The summed E-state index contributed by atoms with van der Waals surface area (Å²) in [6.07, 6.45) is -14.3. The lowest BCUT2D eigenvalue weighted by atomic mass is 9.44. The molecule has 19 heteroatoms. The minimum atomic E-state index is -2.48. The van der Waals surface area contributed by atoms with Crippen molar-refractivity contribution in [2.45, 2.75) is 148 Å². The highest BCUT2D eigenvalue weighted by Gasteiger charge is 2.78. The van der Waals surface area contributed by atoms with Crippen LogP contribution < -0.4 is 5.32 Å². The van der Waals surface area contributed by atoms with E-state index in [4.69, 9.17) is 33.2 Å². The maximum absolute atomic E-state index is 15.5. The van der Waals surface area contributed by atoms with Crippen LogP contribution in [0.25, 0.3) is 0 Å². The van der Waals surface area contributed by atoms with Gasteiger partial charge in [-0.15, -0.1) is 0 Å². The number of aliphatic carboxylic acids is 1. The van der Waals surface area contributed by atoms with Crippen LogP contribution in [0.2, 0.25) is 0 Å². The molecule has 3 aliphatic carbocycles. The Kier molecular flexibility index (Phi) is 11.8. The predicted molar refractivity (Wildman–Crippen MR) is 208 cm³/mol. The number of nitrogens with one attached hydrogen (secondary N) is 1. The molecule has 2 bridgehead atoms. The Balaban J connectivity index is 1.55. The van der Waals surface area contributed by atoms with Gasteiger partial charge in [-0.3, -0.25) is 19.2 Å². The fraction of sp³-hybridized carbons (Fsp3) is 0.651. The lowest BCUT2D eigenvalue weighted by Crippen LogP contribution is -2.82. The number of esters is 4. The standard InChI is InChI=1S/C43H55NO18/c1-19-23(58-34(50)28-30(44-37(54)62-38(4,5)6)41(10,35(51)52)36(53)59-28)17-43(55)32(60-33(49)22-14-12-11-13-15-22)29-40(9,24(47)16-25-42(29,18-56-25)61-21(3)46)31(48)27(57-20(2)45)26(19)39(43,7)8/h11-15,23-25,27-30,32,36,47,53,55H,16-18H2,1-10H3,(H,44,54)(H,51,52)/t23-,24-,25+,27+,28?,29-,30+,32-,36?,40+,41?,42-,43+/m0/s1. The molecule has 13 atom stereocenters. The molecule has 4 fully saturated rings. The molecule has 1 aromatic rings. The molecule has 6 rings (SSSR count). The SMILES string of the molecule is CC(=O)O[C@H]1C(=O)[C@@]2(C)[C@H]([C@H](OC(=O)c3ccccc3)[C@]3(O)C[C@H](OC(=O)C4OC(O)C(C)(C(=O)O)[C@@H]4NC(=O)OC(C)(C)C)C(C)=C1C3(C)C)[C@]1(OC(C)=O)CO[C@@H]1C[C@@H]2O. The third kappa shape index (κ3) is 7.24. The Bertz CT molecular complexity index is 2080. The highest BCUT2D eigenvalue weighted by molar-refractivity contribution is 5.95. The van der Waals surface area contributed by atoms with Crippen molar-refractivity contribution in [1.29, 1.82) is 0 Å². The summed E-state index contributed by atoms with van der Waals surface area (Å²) in [4.78, 5) is 95.7. The van der Waals surface area contributed by atoms with Gasteiger partial charge < -0.3 is 58.9 Å². The molecule has 62 heavy (non-hydrogen) atoms. The Morgan fingerprint density at radius 1 is 0.919 bits per heavy atom. The normalized spacial score (nSPS) is 38.4. The number of alkyl carbamates (subject to hydrolysis) is 1. The number of benzene rings is 1. The molecule has 0 spiro atoms. The highest BCUT2D eigenvalue weighted by Crippen LogP contribution is 2.64. The number of carboxylic acids is 1. The van der Waals surface area contributed by atoms with Gasteiger partial charge in [0.1, 0.15) is 34.9 Å². The van der Waals surface area contributed by atoms with Gasteiger partial charge in [-0.25, -0.2) is 14.4 Å². The van der Waals surface area contributed by atoms with E-state index >= 15 is 4.79 Å². The summed E-state index contributed by atoms with van der Waals surface area (Å²) in [5, 5.41) is 49.2. The first-order valence-electron chi connectivity index (χ1n) is 20.2. The largest absolute Gasteiger partial charge is 0.481 e. The summed E-state index contributed by atoms with van der Waals surface area (Å²) >= 11 is 0. The topological polar surface area (TPSA) is 277 Å². The number of carbonyl (C=O) groups is 7. The molecule has 0 radical (unpaired) electrons. The van der Waals surface area contributed by atoms with E-state index in [0.717, 1.165) is 20.8 Å². The number of Topliss-reactive ketones (excluding diaryl/α,β-unsaturated/α-hetero) is 1. The third-order valence-electron chi connectivity index (χ3n) is 13.5. The van der Waals surface area contributed by atoms with Crippen LogP contribution in [0.5, 0.6) is 0 Å². The summed E-state index contributed by atoms with van der Waals surface area (Å²) in [7, 11) is 0. The van der Waals surface area contributed by atoms with Crippen molar-refractivity contribution in [2.24, 2.45) is 22.2 Å². The van der Waals surface area contributed by atoms with Crippen LogP contribution in [-0.4, -0.2) is 135 Å². The van der Waals surface area contributed by atoms with Crippen molar-refractivity contribution in [3.05, 3.63) is 47.0 Å². The van der Waals surface area contributed by atoms with Gasteiger partial charge in [-0.05, 0) is 64.8 Å². The number of rotatable bonds is 8. The van der Waals surface area contributed by atoms with Gasteiger partial charge in [0.25, 0.3) is 0 Å². The van der Waals surface area contributed by atoms with Crippen molar-refractivity contribution < 1.29 is 87.1 Å². The number of carbonyl (C=O) groups excluding carboxylic acids is 6. The average molecular weight is 874 g/mol. The van der Waals surface area contributed by atoms with Gasteiger partial charge in [0.15, 0.2) is 29.9 Å². The van der Waals surface area contributed by atoms with Crippen LogP contribution in [0, 0.1) is 22.2 Å². The van der Waals surface area contributed by atoms with Crippen LogP contribution in [0.15, 0.2) is 41.5 Å². The maximum atomic E-state index is 15.5. The number of aliphatic hydroxyl groups is 3. The molecule has 2 saturated carbocycles. The van der Waals surface area contributed by atoms with E-state index in [0.29, 0.717) is 0 Å². The number of fused-ring (bicyclic) bond motifs is 5. The molecule has 19 nitrogen and oxygen atoms in total. The molecule has 2 saturated heterocycles. The Morgan fingerprint density at radius 3 is 2.08 bits per heavy atom. The van der Waals surface area contributed by atoms with Gasteiger partial charge >= 0.3 is 35.9 Å². The van der Waals surface area contributed by atoms with Crippen LogP contribution in [-0.2, 0) is 57.1 Å².